The summed E-state index contributed by atoms with van der Waals surface area (Å²) < 4.78 is 65.5. The second-order valence-corrected chi connectivity index (χ2v) is 4.85. The number of hydrogen-bond donors (Lipinski definition) is 0. The molecule has 8 heteroatoms. The van der Waals surface area contributed by atoms with Crippen molar-refractivity contribution in [1.29, 1.82) is 0 Å². The fourth-order valence-corrected chi connectivity index (χ4v) is 1.67. The van der Waals surface area contributed by atoms with Gasteiger partial charge in [-0.1, -0.05) is 0 Å². The van der Waals surface area contributed by atoms with E-state index in [9.17, 15) is 21.6 Å². The van der Waals surface area contributed by atoms with Crippen molar-refractivity contribution in [3.63, 3.8) is 0 Å². The van der Waals surface area contributed by atoms with E-state index in [0.717, 1.165) is 0 Å². The average Bonchev–Trinajstić information content (AvgIpc) is 2.15. The molecule has 1 fully saturated rings. The standard InChI is InChI=1S/C7H11F3O4S/c8-7(9,10)15(11,12)14-5-6-1-3-13-4-2-6/h6H,1-5H2. The van der Waals surface area contributed by atoms with Crippen LogP contribution in [0.4, 0.5) is 13.2 Å². The van der Waals surface area contributed by atoms with E-state index >= 15 is 0 Å². The van der Waals surface area contributed by atoms with Crippen molar-refractivity contribution in [3.05, 3.63) is 0 Å². The zero-order valence-corrected chi connectivity index (χ0v) is 8.60. The zero-order chi connectivity index (χ0) is 11.5. The van der Waals surface area contributed by atoms with E-state index in [4.69, 9.17) is 4.74 Å². The summed E-state index contributed by atoms with van der Waals surface area (Å²) in [5.74, 6) is -0.184. The van der Waals surface area contributed by atoms with Crippen LogP contribution in [0.2, 0.25) is 0 Å². The van der Waals surface area contributed by atoms with Crippen molar-refractivity contribution in [1.82, 2.24) is 0 Å². The van der Waals surface area contributed by atoms with Gasteiger partial charge in [-0.25, -0.2) is 0 Å². The Morgan fingerprint density at radius 3 is 2.27 bits per heavy atom. The highest BCUT2D eigenvalue weighted by molar-refractivity contribution is 7.87. The Labute approximate surface area is 85.5 Å². The third kappa shape index (κ3) is 3.62. The molecule has 0 aliphatic carbocycles. The van der Waals surface area contributed by atoms with Gasteiger partial charge in [-0.05, 0) is 18.8 Å². The Morgan fingerprint density at radius 1 is 1.27 bits per heavy atom. The predicted molar refractivity (Wildman–Crippen MR) is 44.5 cm³/mol. The van der Waals surface area contributed by atoms with E-state index in [-0.39, 0.29) is 5.92 Å². The Kier molecular flexibility index (Phi) is 3.96. The molecule has 0 spiro atoms. The summed E-state index contributed by atoms with van der Waals surface area (Å²) in [4.78, 5) is 0. The molecule has 0 amide bonds. The maximum atomic E-state index is 11.8. The molecule has 0 saturated carbocycles. The normalized spacial score (nSPS) is 20.5. The zero-order valence-electron chi connectivity index (χ0n) is 7.79. The quantitative estimate of drug-likeness (QED) is 0.557. The number of ether oxygens (including phenoxy) is 1. The minimum absolute atomic E-state index is 0.184. The third-order valence-electron chi connectivity index (χ3n) is 2.08. The third-order valence-corrected chi connectivity index (χ3v) is 3.10. The van der Waals surface area contributed by atoms with Gasteiger partial charge in [0.1, 0.15) is 0 Å². The molecular weight excluding hydrogens is 237 g/mol. The topological polar surface area (TPSA) is 52.6 Å². The van der Waals surface area contributed by atoms with Crippen LogP contribution in [0, 0.1) is 5.92 Å². The molecule has 1 aliphatic heterocycles. The Morgan fingerprint density at radius 2 is 1.80 bits per heavy atom. The highest BCUT2D eigenvalue weighted by Crippen LogP contribution is 2.26. The molecule has 0 unspecified atom stereocenters. The first-order chi connectivity index (χ1) is 6.83. The van der Waals surface area contributed by atoms with Crippen LogP contribution < -0.4 is 0 Å². The number of halogens is 3. The van der Waals surface area contributed by atoms with E-state index in [1.165, 1.54) is 0 Å². The van der Waals surface area contributed by atoms with E-state index in [0.29, 0.717) is 26.1 Å². The smallest absolute Gasteiger partial charge is 0.381 e. The van der Waals surface area contributed by atoms with Crippen LogP contribution in [0.3, 0.4) is 0 Å². The molecular formula is C7H11F3O4S. The minimum atomic E-state index is -5.44. The highest BCUT2D eigenvalue weighted by atomic mass is 32.2. The van der Waals surface area contributed by atoms with E-state index in [1.807, 2.05) is 0 Å². The van der Waals surface area contributed by atoms with Crippen molar-refractivity contribution in [2.75, 3.05) is 19.8 Å². The van der Waals surface area contributed by atoms with Gasteiger partial charge in [-0.15, -0.1) is 0 Å². The van der Waals surface area contributed by atoms with Crippen LogP contribution in [0.1, 0.15) is 12.8 Å². The lowest BCUT2D eigenvalue weighted by atomic mass is 10.0. The lowest BCUT2D eigenvalue weighted by Gasteiger charge is -2.21. The second kappa shape index (κ2) is 4.67. The van der Waals surface area contributed by atoms with Crippen molar-refractivity contribution < 1.29 is 30.5 Å². The van der Waals surface area contributed by atoms with Gasteiger partial charge in [0.2, 0.25) is 0 Å². The van der Waals surface area contributed by atoms with Crippen molar-refractivity contribution in [2.24, 2.45) is 5.92 Å². The molecule has 1 rings (SSSR count). The molecule has 4 nitrogen and oxygen atoms in total. The SMILES string of the molecule is O=S(=O)(OCC1CCOCC1)C(F)(F)F. The molecule has 0 atom stereocenters. The maximum absolute atomic E-state index is 11.8. The fraction of sp³-hybridized carbons (Fsp3) is 1.00. The van der Waals surface area contributed by atoms with Gasteiger partial charge < -0.3 is 4.74 Å². The molecule has 0 N–H and O–H groups in total. The summed E-state index contributed by atoms with van der Waals surface area (Å²) in [5, 5.41) is 0. The van der Waals surface area contributed by atoms with Crippen LogP contribution in [-0.2, 0) is 19.0 Å². The molecule has 15 heavy (non-hydrogen) atoms. The monoisotopic (exact) mass is 248 g/mol. The molecule has 1 saturated heterocycles. The van der Waals surface area contributed by atoms with Crippen LogP contribution in [0.5, 0.6) is 0 Å². The van der Waals surface area contributed by atoms with Gasteiger partial charge in [0, 0.05) is 13.2 Å². The number of hydrogen-bond acceptors (Lipinski definition) is 4. The molecule has 0 aromatic heterocycles. The lowest BCUT2D eigenvalue weighted by molar-refractivity contribution is -0.0561. The summed E-state index contributed by atoms with van der Waals surface area (Å²) in [6.07, 6.45) is 1.04. The van der Waals surface area contributed by atoms with Crippen LogP contribution in [0.15, 0.2) is 0 Å². The van der Waals surface area contributed by atoms with Gasteiger partial charge >= 0.3 is 15.6 Å². The summed E-state index contributed by atoms with van der Waals surface area (Å²) in [6, 6.07) is 0. The summed E-state index contributed by atoms with van der Waals surface area (Å²) >= 11 is 0. The predicted octanol–water partition coefficient (Wildman–Crippen LogP) is 1.28. The second-order valence-electron chi connectivity index (χ2n) is 3.24. The Bertz CT molecular complexity index is 292. The van der Waals surface area contributed by atoms with Crippen molar-refractivity contribution in [2.45, 2.75) is 18.3 Å². The van der Waals surface area contributed by atoms with Crippen LogP contribution in [0.25, 0.3) is 0 Å². The molecule has 1 aliphatic rings. The maximum Gasteiger partial charge on any atom is 0.523 e. The largest absolute Gasteiger partial charge is 0.523 e. The first-order valence-electron chi connectivity index (χ1n) is 4.36. The minimum Gasteiger partial charge on any atom is -0.381 e. The van der Waals surface area contributed by atoms with Crippen molar-refractivity contribution in [3.8, 4) is 0 Å². The van der Waals surface area contributed by atoms with Gasteiger partial charge in [0.15, 0.2) is 0 Å². The summed E-state index contributed by atoms with van der Waals surface area (Å²) in [5.41, 5.74) is -5.34. The lowest BCUT2D eigenvalue weighted by Crippen LogP contribution is -2.29. The van der Waals surface area contributed by atoms with E-state index in [2.05, 4.69) is 4.18 Å². The molecule has 0 radical (unpaired) electrons. The molecule has 0 bridgehead atoms. The average molecular weight is 248 g/mol. The highest BCUT2D eigenvalue weighted by Gasteiger charge is 2.47. The van der Waals surface area contributed by atoms with Gasteiger partial charge in [-0.2, -0.15) is 21.6 Å². The summed E-state index contributed by atoms with van der Waals surface area (Å²) in [6.45, 7) is 0.436. The molecule has 90 valence electrons. The Balaban J connectivity index is 2.42. The molecule has 1 heterocycles. The van der Waals surface area contributed by atoms with E-state index < -0.39 is 22.2 Å². The van der Waals surface area contributed by atoms with Crippen LogP contribution in [-0.4, -0.2) is 33.7 Å². The molecule has 0 aromatic carbocycles. The number of alkyl halides is 3. The fourth-order valence-electron chi connectivity index (χ4n) is 1.17. The summed E-state index contributed by atoms with van der Waals surface area (Å²) in [7, 11) is -5.44. The molecule has 0 aromatic rings. The Hall–Kier alpha value is -0.340. The first-order valence-corrected chi connectivity index (χ1v) is 5.77. The van der Waals surface area contributed by atoms with Gasteiger partial charge in [0.05, 0.1) is 6.61 Å². The van der Waals surface area contributed by atoms with Gasteiger partial charge in [0.25, 0.3) is 0 Å². The number of rotatable bonds is 3. The van der Waals surface area contributed by atoms with Gasteiger partial charge in [-0.3, -0.25) is 4.18 Å². The first kappa shape index (κ1) is 12.7. The van der Waals surface area contributed by atoms with E-state index in [1.54, 1.807) is 0 Å². The van der Waals surface area contributed by atoms with Crippen molar-refractivity contribution >= 4 is 10.1 Å². The van der Waals surface area contributed by atoms with Crippen LogP contribution >= 0.6 is 0 Å².